The summed E-state index contributed by atoms with van der Waals surface area (Å²) in [7, 11) is -6.00. The maximum absolute atomic E-state index is 9.75. The van der Waals surface area contributed by atoms with Crippen molar-refractivity contribution in [2.75, 3.05) is 0 Å². The fourth-order valence-corrected chi connectivity index (χ4v) is 6.45. The molecule has 2 aromatic rings. The van der Waals surface area contributed by atoms with Crippen molar-refractivity contribution in [3.63, 3.8) is 0 Å². The average Bonchev–Trinajstić information content (AvgIpc) is 2.48. The molecule has 6 heteroatoms. The molecule has 0 fully saturated rings. The molecule has 0 saturated heterocycles. The molecule has 0 bridgehead atoms. The molecule has 0 amide bonds. The number of benzene rings is 2. The number of rotatable bonds is 2. The van der Waals surface area contributed by atoms with Crippen molar-refractivity contribution in [2.24, 2.45) is 5.92 Å². The number of halogens is 4. The van der Waals surface area contributed by atoms with Gasteiger partial charge in [-0.05, 0) is 0 Å². The van der Waals surface area contributed by atoms with E-state index in [2.05, 4.69) is 84.4 Å². The van der Waals surface area contributed by atoms with E-state index in [0.717, 1.165) is 0 Å². The van der Waals surface area contributed by atoms with E-state index in [-0.39, 0.29) is 0 Å². The molecule has 0 nitrogen and oxygen atoms in total. The Bertz CT molecular complexity index is 585. The fourth-order valence-electron chi connectivity index (χ4n) is 1.54. The monoisotopic (exact) mass is 438 g/mol. The second kappa shape index (κ2) is 9.66. The first-order valence-corrected chi connectivity index (χ1v) is 10.5. The topological polar surface area (TPSA) is 0 Å². The molecule has 0 aliphatic rings. The normalized spacial score (nSPS) is 10.6. The predicted octanol–water partition coefficient (Wildman–Crippen LogP) is 3.79. The third kappa shape index (κ3) is 9.34. The van der Waals surface area contributed by atoms with Gasteiger partial charge in [-0.15, -0.1) is 0 Å². The smallest absolute Gasteiger partial charge is 0.418 e. The molecule has 0 radical (unpaired) electrons. The van der Waals surface area contributed by atoms with Crippen LogP contribution in [0, 0.1) is 15.8 Å². The van der Waals surface area contributed by atoms with Gasteiger partial charge in [0.25, 0.3) is 0 Å². The van der Waals surface area contributed by atoms with Gasteiger partial charge in [-0.3, -0.25) is 0 Å². The van der Waals surface area contributed by atoms with Crippen LogP contribution in [0.4, 0.5) is 17.3 Å². The first-order valence-electron chi connectivity index (χ1n) is 7.00. The molecule has 122 valence electrons. The molecule has 0 unspecified atom stereocenters. The Morgan fingerprint density at radius 3 is 1.43 bits per heavy atom. The van der Waals surface area contributed by atoms with Crippen LogP contribution >= 0.6 is 0 Å². The summed E-state index contributed by atoms with van der Waals surface area (Å²) in [4.78, 5) is 0. The Morgan fingerprint density at radius 2 is 1.13 bits per heavy atom. The summed E-state index contributed by atoms with van der Waals surface area (Å²) in [6, 6.07) is 21.5. The Morgan fingerprint density at radius 1 is 0.783 bits per heavy atom. The first-order chi connectivity index (χ1) is 10.8. The number of hydrogen-bond acceptors (Lipinski definition) is 0. The maximum Gasteiger partial charge on any atom is 0.673 e. The zero-order valence-electron chi connectivity index (χ0n) is 12.8. The molecule has 23 heavy (non-hydrogen) atoms. The molecule has 2 rings (SSSR count). The molecule has 0 aliphatic carbocycles. The van der Waals surface area contributed by atoms with Gasteiger partial charge in [0, 0.05) is 0 Å². The van der Waals surface area contributed by atoms with Crippen molar-refractivity contribution < 1.29 is 17.3 Å². The first kappa shape index (κ1) is 19.6. The molecule has 0 aromatic heterocycles. The zero-order valence-corrected chi connectivity index (χ0v) is 15.2. The van der Waals surface area contributed by atoms with E-state index < -0.39 is 26.8 Å². The minimum absolute atomic E-state index is 0.445. The standard InChI is InChI=1S/C17H17Te.BF4/c1-15(2)13-14-18(16-9-5-3-6-10-16)17-11-7-4-8-12-17;2-1(3,4)5/h3-12,15H,1-2H3;/q+1;-1. The molecule has 0 spiro atoms. The van der Waals surface area contributed by atoms with Gasteiger partial charge in [-0.2, -0.15) is 0 Å². The van der Waals surface area contributed by atoms with Gasteiger partial charge < -0.3 is 17.3 Å². The largest absolute Gasteiger partial charge is 0.673 e. The van der Waals surface area contributed by atoms with Gasteiger partial charge in [-0.1, -0.05) is 0 Å². The van der Waals surface area contributed by atoms with E-state index in [4.69, 9.17) is 0 Å². The summed E-state index contributed by atoms with van der Waals surface area (Å²) >= 11 is -1.71. The van der Waals surface area contributed by atoms with Crippen molar-refractivity contribution in [1.29, 1.82) is 0 Å². The molecule has 0 saturated carbocycles. The van der Waals surface area contributed by atoms with Crippen molar-refractivity contribution >= 4 is 34.0 Å². The van der Waals surface area contributed by atoms with Gasteiger partial charge >= 0.3 is 124 Å². The molecular formula is C17H17BF4Te. The predicted molar refractivity (Wildman–Crippen MR) is 90.7 cm³/mol. The van der Waals surface area contributed by atoms with Crippen LogP contribution in [-0.4, -0.2) is 26.8 Å². The maximum atomic E-state index is 9.75. The molecule has 0 atom stereocenters. The summed E-state index contributed by atoms with van der Waals surface area (Å²) < 4.78 is 45.4. The zero-order chi connectivity index (χ0) is 17.3. The van der Waals surface area contributed by atoms with Crippen LogP contribution in [-0.2, 0) is 0 Å². The molecule has 0 aliphatic heterocycles. The van der Waals surface area contributed by atoms with E-state index in [0.29, 0.717) is 5.92 Å². The van der Waals surface area contributed by atoms with Gasteiger partial charge in [-0.25, -0.2) is 0 Å². The van der Waals surface area contributed by atoms with Crippen LogP contribution in [0.15, 0.2) is 60.7 Å². The van der Waals surface area contributed by atoms with Gasteiger partial charge in [0.05, 0.1) is 0 Å². The van der Waals surface area contributed by atoms with Crippen molar-refractivity contribution in [3.8, 4) is 9.89 Å². The summed E-state index contributed by atoms with van der Waals surface area (Å²) in [6.45, 7) is 4.30. The van der Waals surface area contributed by atoms with Crippen LogP contribution in [0.5, 0.6) is 0 Å². The SMILES string of the molecule is CC(C)C#C[Te+](c1ccccc1)c1ccccc1.F[B-](F)(F)F. The molecule has 2 aromatic carbocycles. The third-order valence-electron chi connectivity index (χ3n) is 2.41. The number of hydrogen-bond donors (Lipinski definition) is 0. The van der Waals surface area contributed by atoms with Gasteiger partial charge in [0.1, 0.15) is 0 Å². The van der Waals surface area contributed by atoms with E-state index in [1.54, 1.807) is 0 Å². The van der Waals surface area contributed by atoms with Crippen LogP contribution in [0.25, 0.3) is 0 Å². The molecule has 0 N–H and O–H groups in total. The second-order valence-electron chi connectivity index (χ2n) is 4.83. The van der Waals surface area contributed by atoms with Crippen molar-refractivity contribution in [3.05, 3.63) is 60.7 Å². The summed E-state index contributed by atoms with van der Waals surface area (Å²) in [5.74, 6) is 3.81. The minimum Gasteiger partial charge on any atom is -0.418 e. The Labute approximate surface area is 141 Å². The summed E-state index contributed by atoms with van der Waals surface area (Å²) in [6.07, 6.45) is 0. The summed E-state index contributed by atoms with van der Waals surface area (Å²) in [5.41, 5.74) is 0. The quantitative estimate of drug-likeness (QED) is 0.382. The second-order valence-corrected chi connectivity index (χ2v) is 9.85. The Balaban J connectivity index is 0.000000463. The van der Waals surface area contributed by atoms with E-state index >= 15 is 0 Å². The van der Waals surface area contributed by atoms with Crippen LogP contribution in [0.1, 0.15) is 13.8 Å². The van der Waals surface area contributed by atoms with E-state index in [1.807, 2.05) is 0 Å². The third-order valence-corrected chi connectivity index (χ3v) is 7.57. The van der Waals surface area contributed by atoms with Gasteiger partial charge in [0.2, 0.25) is 0 Å². The Hall–Kier alpha value is -1.43. The fraction of sp³-hybridized carbons (Fsp3) is 0.176. The van der Waals surface area contributed by atoms with Crippen LogP contribution < -0.4 is 7.22 Å². The van der Waals surface area contributed by atoms with Crippen LogP contribution in [0.3, 0.4) is 0 Å². The molecular weight excluding hydrogens is 419 g/mol. The van der Waals surface area contributed by atoms with E-state index in [9.17, 15) is 17.3 Å². The van der Waals surface area contributed by atoms with Crippen molar-refractivity contribution in [2.45, 2.75) is 13.8 Å². The molecule has 0 heterocycles. The van der Waals surface area contributed by atoms with Gasteiger partial charge in [0.15, 0.2) is 0 Å². The minimum atomic E-state index is -6.00. The van der Waals surface area contributed by atoms with Crippen molar-refractivity contribution in [1.82, 2.24) is 0 Å². The van der Waals surface area contributed by atoms with Crippen LogP contribution in [0.2, 0.25) is 0 Å². The summed E-state index contributed by atoms with van der Waals surface area (Å²) in [5, 5.41) is 0. The Kier molecular flexibility index (Phi) is 8.24. The van der Waals surface area contributed by atoms with E-state index in [1.165, 1.54) is 7.22 Å². The average molecular weight is 436 g/mol.